The van der Waals surface area contributed by atoms with Gasteiger partial charge in [0.25, 0.3) is 0 Å². The smallest absolute Gasteiger partial charge is 0.250 e. The van der Waals surface area contributed by atoms with Gasteiger partial charge in [-0.3, -0.25) is 14.4 Å². The van der Waals surface area contributed by atoms with Crippen LogP contribution in [0.5, 0.6) is 0 Å². The molecule has 3 saturated heterocycles. The fraction of sp³-hybridized carbons (Fsp3) is 0.423. The first kappa shape index (κ1) is 23.8. The second-order valence-corrected chi connectivity index (χ2v) is 10.0. The molecule has 6 atom stereocenters. The molecule has 3 N–H and O–H groups in total. The molecule has 35 heavy (non-hydrogen) atoms. The highest BCUT2D eigenvalue weighted by molar-refractivity contribution is 6.34. The molecular weight excluding hydrogens is 470 g/mol. The maximum atomic E-state index is 13.8. The van der Waals surface area contributed by atoms with Gasteiger partial charge in [-0.05, 0) is 50.5 Å². The number of amides is 3. The van der Waals surface area contributed by atoms with Crippen LogP contribution in [0.15, 0.2) is 48.5 Å². The zero-order chi connectivity index (χ0) is 24.9. The van der Waals surface area contributed by atoms with Crippen LogP contribution in [0.2, 0.25) is 5.02 Å². The van der Waals surface area contributed by atoms with E-state index in [0.29, 0.717) is 29.2 Å². The molecule has 2 unspecified atom stereocenters. The molecule has 3 amide bonds. The van der Waals surface area contributed by atoms with E-state index in [1.807, 2.05) is 31.2 Å². The molecule has 8 nitrogen and oxygen atoms in total. The Bertz CT molecular complexity index is 1150. The number of nitrogens with zero attached hydrogens (tertiary/aromatic N) is 1. The van der Waals surface area contributed by atoms with E-state index in [-0.39, 0.29) is 18.4 Å². The maximum absolute atomic E-state index is 13.8. The molecule has 0 saturated carbocycles. The van der Waals surface area contributed by atoms with Crippen molar-refractivity contribution in [2.24, 2.45) is 11.8 Å². The van der Waals surface area contributed by atoms with Gasteiger partial charge in [0, 0.05) is 5.69 Å². The molecule has 184 valence electrons. The molecule has 2 aromatic rings. The van der Waals surface area contributed by atoms with Gasteiger partial charge in [0.15, 0.2) is 0 Å². The molecule has 9 heteroatoms. The van der Waals surface area contributed by atoms with Crippen LogP contribution in [-0.2, 0) is 19.1 Å². The standard InChI is InChI=1S/C26H28ClN3O5/c1-14-7-6-10-17(27)21(14)29-24(33)22-26-12-11-18(35-26)19(20(26)25(34)30(22)15(2)13-31)23(32)28-16-8-4-3-5-9-16/h3-10,15,18-20,22,31H,11-13H2,1-2H3,(H,28,32)(H,29,33)/t15-,18+,19-,20+,22?,26?/m1/s1. The van der Waals surface area contributed by atoms with E-state index in [4.69, 9.17) is 16.3 Å². The molecule has 3 aliphatic rings. The largest absolute Gasteiger partial charge is 0.394 e. The number of nitrogens with one attached hydrogen (secondary N) is 2. The maximum Gasteiger partial charge on any atom is 0.250 e. The molecule has 0 aromatic heterocycles. The highest BCUT2D eigenvalue weighted by Gasteiger charge is 2.74. The summed E-state index contributed by atoms with van der Waals surface area (Å²) in [6.45, 7) is 3.19. The van der Waals surface area contributed by atoms with Gasteiger partial charge in [-0.25, -0.2) is 0 Å². The molecule has 0 radical (unpaired) electrons. The lowest BCUT2D eigenvalue weighted by Crippen LogP contribution is -2.55. The summed E-state index contributed by atoms with van der Waals surface area (Å²) in [5.41, 5.74) is 0.726. The second kappa shape index (κ2) is 8.93. The third kappa shape index (κ3) is 3.71. The first-order chi connectivity index (χ1) is 16.8. The summed E-state index contributed by atoms with van der Waals surface area (Å²) in [5, 5.41) is 16.1. The van der Waals surface area contributed by atoms with Crippen LogP contribution in [0.3, 0.4) is 0 Å². The van der Waals surface area contributed by atoms with Crippen molar-refractivity contribution < 1.29 is 24.2 Å². The fourth-order valence-electron chi connectivity index (χ4n) is 5.98. The van der Waals surface area contributed by atoms with Gasteiger partial charge in [-0.2, -0.15) is 0 Å². The van der Waals surface area contributed by atoms with Crippen LogP contribution in [0.4, 0.5) is 11.4 Å². The van der Waals surface area contributed by atoms with Gasteiger partial charge in [0.05, 0.1) is 41.3 Å². The summed E-state index contributed by atoms with van der Waals surface area (Å²) in [6.07, 6.45) is 0.571. The van der Waals surface area contributed by atoms with Crippen molar-refractivity contribution in [1.29, 1.82) is 0 Å². The summed E-state index contributed by atoms with van der Waals surface area (Å²) >= 11 is 6.35. The third-order valence-corrected chi connectivity index (χ3v) is 7.85. The van der Waals surface area contributed by atoms with Crippen molar-refractivity contribution in [3.8, 4) is 0 Å². The molecule has 2 aromatic carbocycles. The number of aliphatic hydroxyl groups excluding tert-OH is 1. The number of aryl methyl sites for hydroxylation is 1. The van der Waals surface area contributed by atoms with Gasteiger partial charge in [0.2, 0.25) is 17.7 Å². The monoisotopic (exact) mass is 497 g/mol. The van der Waals surface area contributed by atoms with E-state index in [9.17, 15) is 19.5 Å². The van der Waals surface area contributed by atoms with Crippen molar-refractivity contribution in [1.82, 2.24) is 4.90 Å². The number of benzene rings is 2. The first-order valence-electron chi connectivity index (χ1n) is 11.8. The zero-order valence-electron chi connectivity index (χ0n) is 19.5. The highest BCUT2D eigenvalue weighted by atomic mass is 35.5. The number of aliphatic hydroxyl groups is 1. The van der Waals surface area contributed by atoms with E-state index in [1.54, 1.807) is 31.2 Å². The van der Waals surface area contributed by atoms with Crippen molar-refractivity contribution in [3.05, 3.63) is 59.1 Å². The number of para-hydroxylation sites is 2. The molecular formula is C26H28ClN3O5. The lowest BCUT2D eigenvalue weighted by molar-refractivity contribution is -0.142. The predicted molar refractivity (Wildman–Crippen MR) is 131 cm³/mol. The van der Waals surface area contributed by atoms with Gasteiger partial charge in [-0.1, -0.05) is 41.9 Å². The average molecular weight is 498 g/mol. The average Bonchev–Trinajstić information content (AvgIpc) is 3.49. The Morgan fingerprint density at radius 1 is 1.17 bits per heavy atom. The molecule has 3 fully saturated rings. The summed E-state index contributed by atoms with van der Waals surface area (Å²) in [5.74, 6) is -2.65. The quantitative estimate of drug-likeness (QED) is 0.568. The number of hydrogen-bond donors (Lipinski definition) is 3. The summed E-state index contributed by atoms with van der Waals surface area (Å²) in [4.78, 5) is 42.3. The van der Waals surface area contributed by atoms with Crippen LogP contribution in [0, 0.1) is 18.8 Å². The first-order valence-corrected chi connectivity index (χ1v) is 12.2. The Morgan fingerprint density at radius 2 is 1.91 bits per heavy atom. The number of likely N-dealkylation sites (tertiary alicyclic amines) is 1. The Balaban J connectivity index is 1.50. The van der Waals surface area contributed by atoms with E-state index in [1.165, 1.54) is 4.90 Å². The number of halogens is 1. The highest BCUT2D eigenvalue weighted by Crippen LogP contribution is 2.59. The molecule has 3 heterocycles. The molecule has 3 aliphatic heterocycles. The number of hydrogen-bond acceptors (Lipinski definition) is 5. The van der Waals surface area contributed by atoms with Crippen molar-refractivity contribution in [2.45, 2.75) is 50.5 Å². The fourth-order valence-corrected chi connectivity index (χ4v) is 6.25. The Labute approximate surface area is 208 Å². The van der Waals surface area contributed by atoms with Crippen LogP contribution >= 0.6 is 11.6 Å². The minimum Gasteiger partial charge on any atom is -0.394 e. The number of carbonyl (C=O) groups excluding carboxylic acids is 3. The predicted octanol–water partition coefficient (Wildman–Crippen LogP) is 2.98. The summed E-state index contributed by atoms with van der Waals surface area (Å²) in [7, 11) is 0. The second-order valence-electron chi connectivity index (χ2n) is 9.61. The van der Waals surface area contributed by atoms with Crippen LogP contribution < -0.4 is 10.6 Å². The van der Waals surface area contributed by atoms with Crippen LogP contribution in [0.25, 0.3) is 0 Å². The van der Waals surface area contributed by atoms with Crippen molar-refractivity contribution >= 4 is 40.7 Å². The van der Waals surface area contributed by atoms with E-state index < -0.39 is 41.5 Å². The normalized spacial score (nSPS) is 29.7. The third-order valence-electron chi connectivity index (χ3n) is 7.54. The Hall–Kier alpha value is -2.94. The van der Waals surface area contributed by atoms with Gasteiger partial charge >= 0.3 is 0 Å². The van der Waals surface area contributed by atoms with Crippen molar-refractivity contribution in [3.63, 3.8) is 0 Å². The van der Waals surface area contributed by atoms with E-state index >= 15 is 0 Å². The lowest BCUT2D eigenvalue weighted by Gasteiger charge is -2.35. The lowest BCUT2D eigenvalue weighted by atomic mass is 9.70. The molecule has 1 spiro atoms. The van der Waals surface area contributed by atoms with E-state index in [0.717, 1.165) is 5.56 Å². The molecule has 5 rings (SSSR count). The van der Waals surface area contributed by atoms with E-state index in [2.05, 4.69) is 10.6 Å². The van der Waals surface area contributed by atoms with Gasteiger partial charge in [0.1, 0.15) is 11.6 Å². The number of rotatable bonds is 6. The minimum atomic E-state index is -1.15. The minimum absolute atomic E-state index is 0.305. The summed E-state index contributed by atoms with van der Waals surface area (Å²) in [6, 6.07) is 12.7. The number of anilines is 2. The summed E-state index contributed by atoms with van der Waals surface area (Å²) < 4.78 is 6.38. The molecule has 2 bridgehead atoms. The molecule has 0 aliphatic carbocycles. The van der Waals surface area contributed by atoms with Crippen molar-refractivity contribution in [2.75, 3.05) is 17.2 Å². The van der Waals surface area contributed by atoms with Crippen LogP contribution in [0.1, 0.15) is 25.3 Å². The van der Waals surface area contributed by atoms with Gasteiger partial charge < -0.3 is 25.4 Å². The number of fused-ring (bicyclic) bond motifs is 1. The topological polar surface area (TPSA) is 108 Å². The Kier molecular flexibility index (Phi) is 6.07. The van der Waals surface area contributed by atoms with Gasteiger partial charge in [-0.15, -0.1) is 0 Å². The zero-order valence-corrected chi connectivity index (χ0v) is 20.3. The SMILES string of the molecule is Cc1cccc(Cl)c1NC(=O)C1N([C@H](C)CO)C(=O)[C@@H]2[C@H](C(=O)Nc3ccccc3)[C@@H]3CCC12O3. The van der Waals surface area contributed by atoms with Crippen LogP contribution in [-0.4, -0.2) is 58.1 Å². The number of ether oxygens (including phenoxy) is 1. The Morgan fingerprint density at radius 3 is 2.60 bits per heavy atom. The number of carbonyl (C=O) groups is 3.